The molecule has 1 N–H and O–H groups in total. The standard InChI is InChI=1S/C14H19N3O2S/c1-18-7-6-16-9-13-12(10-19-2)17-14(20-13)11-4-3-5-15-8-11/h3-5,8,16H,6-7,9-10H2,1-2H3. The molecular weight excluding hydrogens is 274 g/mol. The van der Waals surface area contributed by atoms with Gasteiger partial charge < -0.3 is 14.8 Å². The second-order valence-corrected chi connectivity index (χ2v) is 5.32. The van der Waals surface area contributed by atoms with Crippen LogP contribution in [0.4, 0.5) is 0 Å². The van der Waals surface area contributed by atoms with Crippen molar-refractivity contribution in [3.05, 3.63) is 35.1 Å². The minimum Gasteiger partial charge on any atom is -0.383 e. The van der Waals surface area contributed by atoms with E-state index in [-0.39, 0.29) is 0 Å². The molecule has 0 unspecified atom stereocenters. The summed E-state index contributed by atoms with van der Waals surface area (Å²) in [6.45, 7) is 2.83. The number of ether oxygens (including phenoxy) is 2. The van der Waals surface area contributed by atoms with E-state index in [1.807, 2.05) is 18.3 Å². The molecule has 6 heteroatoms. The molecule has 108 valence electrons. The van der Waals surface area contributed by atoms with Crippen LogP contribution in [0.25, 0.3) is 10.6 Å². The summed E-state index contributed by atoms with van der Waals surface area (Å²) in [5.74, 6) is 0. The molecule has 5 nitrogen and oxygen atoms in total. The van der Waals surface area contributed by atoms with Gasteiger partial charge >= 0.3 is 0 Å². The average Bonchev–Trinajstić information content (AvgIpc) is 2.88. The molecule has 0 aliphatic heterocycles. The van der Waals surface area contributed by atoms with E-state index >= 15 is 0 Å². The van der Waals surface area contributed by atoms with Crippen LogP contribution >= 0.6 is 11.3 Å². The van der Waals surface area contributed by atoms with E-state index in [4.69, 9.17) is 9.47 Å². The van der Waals surface area contributed by atoms with Gasteiger partial charge in [-0.05, 0) is 12.1 Å². The van der Waals surface area contributed by atoms with Crippen LogP contribution in [-0.2, 0) is 22.6 Å². The smallest absolute Gasteiger partial charge is 0.125 e. The van der Waals surface area contributed by atoms with Crippen LogP contribution in [0.15, 0.2) is 24.5 Å². The number of hydrogen-bond acceptors (Lipinski definition) is 6. The lowest BCUT2D eigenvalue weighted by Crippen LogP contribution is -2.18. The highest BCUT2D eigenvalue weighted by atomic mass is 32.1. The Morgan fingerprint density at radius 2 is 2.20 bits per heavy atom. The van der Waals surface area contributed by atoms with Crippen molar-refractivity contribution in [2.45, 2.75) is 13.2 Å². The fourth-order valence-corrected chi connectivity index (χ4v) is 2.78. The fourth-order valence-electron chi connectivity index (χ4n) is 1.76. The molecule has 2 aromatic rings. The Bertz CT molecular complexity index is 516. The fraction of sp³-hybridized carbons (Fsp3) is 0.429. The SMILES string of the molecule is COCCNCc1sc(-c2cccnc2)nc1COC. The van der Waals surface area contributed by atoms with Gasteiger partial charge in [0.15, 0.2) is 0 Å². The van der Waals surface area contributed by atoms with Crippen LogP contribution in [0.1, 0.15) is 10.6 Å². The summed E-state index contributed by atoms with van der Waals surface area (Å²) in [5, 5.41) is 4.32. The molecule has 0 radical (unpaired) electrons. The van der Waals surface area contributed by atoms with E-state index < -0.39 is 0 Å². The molecule has 0 aliphatic carbocycles. The zero-order valence-corrected chi connectivity index (χ0v) is 12.6. The van der Waals surface area contributed by atoms with Crippen LogP contribution in [0.5, 0.6) is 0 Å². The highest BCUT2D eigenvalue weighted by Gasteiger charge is 2.12. The molecule has 0 fully saturated rings. The van der Waals surface area contributed by atoms with Crippen molar-refractivity contribution in [1.29, 1.82) is 0 Å². The predicted octanol–water partition coefficient (Wildman–Crippen LogP) is 2.09. The van der Waals surface area contributed by atoms with E-state index in [1.165, 1.54) is 4.88 Å². The second-order valence-electron chi connectivity index (χ2n) is 4.23. The third-order valence-electron chi connectivity index (χ3n) is 2.74. The van der Waals surface area contributed by atoms with Crippen molar-refractivity contribution in [1.82, 2.24) is 15.3 Å². The van der Waals surface area contributed by atoms with Gasteiger partial charge in [0.05, 0.1) is 18.9 Å². The van der Waals surface area contributed by atoms with E-state index in [9.17, 15) is 0 Å². The van der Waals surface area contributed by atoms with Crippen molar-refractivity contribution in [3.63, 3.8) is 0 Å². The van der Waals surface area contributed by atoms with Gasteiger partial charge in [-0.15, -0.1) is 11.3 Å². The molecule has 0 amide bonds. The molecule has 0 aliphatic rings. The summed E-state index contributed by atoms with van der Waals surface area (Å²) in [6, 6.07) is 3.94. The van der Waals surface area contributed by atoms with Crippen molar-refractivity contribution in [2.24, 2.45) is 0 Å². The summed E-state index contributed by atoms with van der Waals surface area (Å²) in [4.78, 5) is 9.98. The first-order chi connectivity index (χ1) is 9.85. The van der Waals surface area contributed by atoms with E-state index in [2.05, 4.69) is 15.3 Å². The number of pyridine rings is 1. The van der Waals surface area contributed by atoms with Gasteiger partial charge in [-0.2, -0.15) is 0 Å². The van der Waals surface area contributed by atoms with Crippen LogP contribution in [-0.4, -0.2) is 37.3 Å². The quantitative estimate of drug-likeness (QED) is 0.755. The van der Waals surface area contributed by atoms with Gasteiger partial charge in [0.1, 0.15) is 5.01 Å². The minimum absolute atomic E-state index is 0.526. The largest absolute Gasteiger partial charge is 0.383 e. The molecule has 2 heterocycles. The number of aromatic nitrogens is 2. The first-order valence-corrected chi connectivity index (χ1v) is 7.24. The monoisotopic (exact) mass is 293 g/mol. The van der Waals surface area contributed by atoms with Crippen molar-refractivity contribution < 1.29 is 9.47 Å². The molecule has 0 spiro atoms. The van der Waals surface area contributed by atoms with Gasteiger partial charge in [0.25, 0.3) is 0 Å². The number of methoxy groups -OCH3 is 2. The molecular formula is C14H19N3O2S. The first kappa shape index (κ1) is 15.1. The summed E-state index contributed by atoms with van der Waals surface area (Å²) in [6.07, 6.45) is 3.60. The maximum Gasteiger partial charge on any atom is 0.125 e. The summed E-state index contributed by atoms with van der Waals surface area (Å²) in [7, 11) is 3.39. The van der Waals surface area contributed by atoms with Gasteiger partial charge in [0, 0.05) is 50.1 Å². The Hall–Kier alpha value is -1.34. The van der Waals surface area contributed by atoms with Gasteiger partial charge in [-0.25, -0.2) is 4.98 Å². The zero-order chi connectivity index (χ0) is 14.2. The Kier molecular flexibility index (Phi) is 6.07. The van der Waals surface area contributed by atoms with Gasteiger partial charge in [0.2, 0.25) is 0 Å². The number of nitrogens with zero attached hydrogens (tertiary/aromatic N) is 2. The number of nitrogens with one attached hydrogen (secondary N) is 1. The Labute approximate surface area is 123 Å². The molecule has 20 heavy (non-hydrogen) atoms. The third-order valence-corrected chi connectivity index (χ3v) is 3.88. The highest BCUT2D eigenvalue weighted by molar-refractivity contribution is 7.15. The molecule has 0 atom stereocenters. The number of rotatable bonds is 8. The van der Waals surface area contributed by atoms with Crippen LogP contribution < -0.4 is 5.32 Å². The molecule has 0 saturated heterocycles. The Morgan fingerprint density at radius 3 is 2.90 bits per heavy atom. The Balaban J connectivity index is 2.11. The molecule has 0 aromatic carbocycles. The molecule has 0 bridgehead atoms. The molecule has 2 rings (SSSR count). The molecule has 2 aromatic heterocycles. The third kappa shape index (κ3) is 4.08. The summed E-state index contributed by atoms with van der Waals surface area (Å²) < 4.78 is 10.2. The van der Waals surface area contributed by atoms with Crippen LogP contribution in [0, 0.1) is 0 Å². The Morgan fingerprint density at radius 1 is 1.30 bits per heavy atom. The number of hydrogen-bond donors (Lipinski definition) is 1. The number of thiazole rings is 1. The highest BCUT2D eigenvalue weighted by Crippen LogP contribution is 2.27. The van der Waals surface area contributed by atoms with Crippen molar-refractivity contribution >= 4 is 11.3 Å². The van der Waals surface area contributed by atoms with Crippen LogP contribution in [0.2, 0.25) is 0 Å². The van der Waals surface area contributed by atoms with Crippen molar-refractivity contribution in [2.75, 3.05) is 27.4 Å². The van der Waals surface area contributed by atoms with Gasteiger partial charge in [-0.3, -0.25) is 4.98 Å². The van der Waals surface area contributed by atoms with E-state index in [0.29, 0.717) is 13.2 Å². The van der Waals surface area contributed by atoms with Crippen molar-refractivity contribution in [3.8, 4) is 10.6 Å². The maximum atomic E-state index is 5.22. The maximum absolute atomic E-state index is 5.22. The predicted molar refractivity (Wildman–Crippen MR) is 79.6 cm³/mol. The lowest BCUT2D eigenvalue weighted by atomic mass is 10.3. The zero-order valence-electron chi connectivity index (χ0n) is 11.8. The first-order valence-electron chi connectivity index (χ1n) is 6.42. The van der Waals surface area contributed by atoms with Crippen LogP contribution in [0.3, 0.4) is 0 Å². The minimum atomic E-state index is 0.526. The lowest BCUT2D eigenvalue weighted by molar-refractivity contribution is 0.181. The second kappa shape index (κ2) is 8.06. The summed E-state index contributed by atoms with van der Waals surface area (Å²) >= 11 is 1.68. The lowest BCUT2D eigenvalue weighted by Gasteiger charge is -2.03. The van der Waals surface area contributed by atoms with E-state index in [0.717, 1.165) is 29.4 Å². The average molecular weight is 293 g/mol. The summed E-state index contributed by atoms with van der Waals surface area (Å²) in [5.41, 5.74) is 2.03. The molecule has 0 saturated carbocycles. The topological polar surface area (TPSA) is 56.3 Å². The van der Waals surface area contributed by atoms with E-state index in [1.54, 1.807) is 31.8 Å². The normalized spacial score (nSPS) is 10.9. The van der Waals surface area contributed by atoms with Gasteiger partial charge in [-0.1, -0.05) is 0 Å².